The summed E-state index contributed by atoms with van der Waals surface area (Å²) in [5.74, 6) is 0.805. The Labute approximate surface area is 123 Å². The Kier molecular flexibility index (Phi) is 4.42. The SMILES string of the molecule is Cc1cccc(-n2cncc2C(CN)C(C)C)c1Br. The maximum atomic E-state index is 5.93. The van der Waals surface area contributed by atoms with Gasteiger partial charge in [0.2, 0.25) is 0 Å². The highest BCUT2D eigenvalue weighted by Crippen LogP contribution is 2.30. The van der Waals surface area contributed by atoms with E-state index in [0.717, 1.165) is 10.2 Å². The van der Waals surface area contributed by atoms with Gasteiger partial charge in [-0.25, -0.2) is 4.98 Å². The van der Waals surface area contributed by atoms with Gasteiger partial charge in [-0.3, -0.25) is 0 Å². The molecule has 0 saturated carbocycles. The van der Waals surface area contributed by atoms with Gasteiger partial charge < -0.3 is 10.3 Å². The summed E-state index contributed by atoms with van der Waals surface area (Å²) < 4.78 is 3.24. The highest BCUT2D eigenvalue weighted by molar-refractivity contribution is 9.10. The van der Waals surface area contributed by atoms with E-state index < -0.39 is 0 Å². The van der Waals surface area contributed by atoms with Gasteiger partial charge in [0, 0.05) is 28.8 Å². The predicted molar refractivity (Wildman–Crippen MR) is 82.6 cm³/mol. The fourth-order valence-corrected chi connectivity index (χ4v) is 2.79. The van der Waals surface area contributed by atoms with E-state index in [-0.39, 0.29) is 0 Å². The van der Waals surface area contributed by atoms with Crippen molar-refractivity contribution in [3.05, 3.63) is 46.5 Å². The number of benzene rings is 1. The topological polar surface area (TPSA) is 43.8 Å². The van der Waals surface area contributed by atoms with Crippen LogP contribution in [0.4, 0.5) is 0 Å². The quantitative estimate of drug-likeness (QED) is 0.934. The molecular weight excluding hydrogens is 302 g/mol. The molecule has 0 saturated heterocycles. The zero-order valence-electron chi connectivity index (χ0n) is 11.6. The normalized spacial score (nSPS) is 12.9. The van der Waals surface area contributed by atoms with Gasteiger partial charge in [-0.1, -0.05) is 26.0 Å². The minimum Gasteiger partial charge on any atom is -0.330 e. The molecule has 0 bridgehead atoms. The summed E-state index contributed by atoms with van der Waals surface area (Å²) in [7, 11) is 0. The van der Waals surface area contributed by atoms with Crippen LogP contribution in [0.25, 0.3) is 5.69 Å². The van der Waals surface area contributed by atoms with E-state index in [2.05, 4.69) is 64.5 Å². The van der Waals surface area contributed by atoms with Gasteiger partial charge in [-0.15, -0.1) is 0 Å². The summed E-state index contributed by atoms with van der Waals surface area (Å²) in [6.07, 6.45) is 3.78. The van der Waals surface area contributed by atoms with Crippen LogP contribution >= 0.6 is 15.9 Å². The molecule has 2 N–H and O–H groups in total. The number of imidazole rings is 1. The number of halogens is 1. The number of nitrogens with two attached hydrogens (primary N) is 1. The first kappa shape index (κ1) is 14.3. The summed E-state index contributed by atoms with van der Waals surface area (Å²) in [5, 5.41) is 0. The molecule has 0 amide bonds. The average Bonchev–Trinajstić information content (AvgIpc) is 2.82. The van der Waals surface area contributed by atoms with Crippen LogP contribution in [0.2, 0.25) is 0 Å². The number of hydrogen-bond acceptors (Lipinski definition) is 2. The number of aromatic nitrogens is 2. The molecule has 2 rings (SSSR count). The van der Waals surface area contributed by atoms with Crippen LogP contribution < -0.4 is 5.73 Å². The van der Waals surface area contributed by atoms with Gasteiger partial charge in [0.05, 0.1) is 12.0 Å². The molecule has 0 spiro atoms. The minimum absolute atomic E-state index is 0.315. The lowest BCUT2D eigenvalue weighted by Crippen LogP contribution is -2.20. The summed E-state index contributed by atoms with van der Waals surface area (Å²) >= 11 is 3.66. The Balaban J connectivity index is 2.53. The Hall–Kier alpha value is -1.13. The van der Waals surface area contributed by atoms with Gasteiger partial charge >= 0.3 is 0 Å². The molecule has 0 aliphatic heterocycles. The second-order valence-electron chi connectivity index (χ2n) is 5.18. The van der Waals surface area contributed by atoms with Crippen molar-refractivity contribution in [1.29, 1.82) is 0 Å². The van der Waals surface area contributed by atoms with Crippen molar-refractivity contribution in [2.24, 2.45) is 11.7 Å². The Morgan fingerprint density at radius 1 is 1.37 bits per heavy atom. The molecule has 0 aliphatic rings. The van der Waals surface area contributed by atoms with Crippen LogP contribution in [-0.2, 0) is 0 Å². The third-order valence-electron chi connectivity index (χ3n) is 3.54. The van der Waals surface area contributed by atoms with Crippen LogP contribution in [0.5, 0.6) is 0 Å². The molecule has 0 fully saturated rings. The zero-order valence-corrected chi connectivity index (χ0v) is 13.2. The summed E-state index contributed by atoms with van der Waals surface area (Å²) in [4.78, 5) is 4.31. The van der Waals surface area contributed by atoms with Crippen molar-refractivity contribution >= 4 is 15.9 Å². The zero-order chi connectivity index (χ0) is 14.0. The molecule has 0 aliphatic carbocycles. The van der Waals surface area contributed by atoms with E-state index in [9.17, 15) is 0 Å². The van der Waals surface area contributed by atoms with Crippen molar-refractivity contribution in [1.82, 2.24) is 9.55 Å². The number of hydrogen-bond donors (Lipinski definition) is 1. The molecule has 1 aromatic carbocycles. The van der Waals surface area contributed by atoms with Gasteiger partial charge in [0.25, 0.3) is 0 Å². The second kappa shape index (κ2) is 5.88. The molecule has 4 heteroatoms. The fraction of sp³-hybridized carbons (Fsp3) is 0.400. The van der Waals surface area contributed by atoms with Crippen LogP contribution in [0.3, 0.4) is 0 Å². The number of rotatable bonds is 4. The molecule has 1 unspecified atom stereocenters. The number of nitrogens with zero attached hydrogens (tertiary/aromatic N) is 2. The minimum atomic E-state index is 0.315. The average molecular weight is 322 g/mol. The lowest BCUT2D eigenvalue weighted by atomic mass is 9.93. The van der Waals surface area contributed by atoms with E-state index in [1.165, 1.54) is 11.3 Å². The molecule has 102 valence electrons. The fourth-order valence-electron chi connectivity index (χ4n) is 2.33. The molecule has 1 aromatic heterocycles. The third kappa shape index (κ3) is 2.74. The largest absolute Gasteiger partial charge is 0.330 e. The van der Waals surface area contributed by atoms with Crippen molar-refractivity contribution in [2.75, 3.05) is 6.54 Å². The summed E-state index contributed by atoms with van der Waals surface area (Å²) in [5.41, 5.74) is 9.43. The Morgan fingerprint density at radius 3 is 2.74 bits per heavy atom. The molecule has 19 heavy (non-hydrogen) atoms. The van der Waals surface area contributed by atoms with Crippen LogP contribution in [0, 0.1) is 12.8 Å². The molecular formula is C15H20BrN3. The lowest BCUT2D eigenvalue weighted by Gasteiger charge is -2.21. The molecule has 1 heterocycles. The van der Waals surface area contributed by atoms with E-state index in [1.807, 2.05) is 12.5 Å². The molecule has 0 radical (unpaired) electrons. The van der Waals surface area contributed by atoms with Crippen molar-refractivity contribution in [2.45, 2.75) is 26.7 Å². The lowest BCUT2D eigenvalue weighted by molar-refractivity contribution is 0.489. The predicted octanol–water partition coefficient (Wildman–Crippen LogP) is 3.64. The molecule has 2 aromatic rings. The van der Waals surface area contributed by atoms with E-state index >= 15 is 0 Å². The van der Waals surface area contributed by atoms with Crippen molar-refractivity contribution in [3.8, 4) is 5.69 Å². The van der Waals surface area contributed by atoms with E-state index in [0.29, 0.717) is 18.4 Å². The van der Waals surface area contributed by atoms with Crippen LogP contribution in [-0.4, -0.2) is 16.1 Å². The Morgan fingerprint density at radius 2 is 2.11 bits per heavy atom. The standard InChI is InChI=1S/C15H20BrN3/c1-10(2)12(7-17)14-8-18-9-19(14)13-6-4-5-11(3)15(13)16/h4-6,8-10,12H,7,17H2,1-3H3. The molecule has 1 atom stereocenters. The maximum Gasteiger partial charge on any atom is 0.0994 e. The first-order valence-corrected chi connectivity index (χ1v) is 7.33. The van der Waals surface area contributed by atoms with Gasteiger partial charge in [0.1, 0.15) is 0 Å². The maximum absolute atomic E-state index is 5.93. The highest BCUT2D eigenvalue weighted by atomic mass is 79.9. The Bertz CT molecular complexity index is 560. The second-order valence-corrected chi connectivity index (χ2v) is 5.98. The highest BCUT2D eigenvalue weighted by Gasteiger charge is 2.19. The van der Waals surface area contributed by atoms with Crippen LogP contribution in [0.1, 0.15) is 31.0 Å². The van der Waals surface area contributed by atoms with E-state index in [4.69, 9.17) is 5.73 Å². The van der Waals surface area contributed by atoms with Crippen LogP contribution in [0.15, 0.2) is 35.2 Å². The third-order valence-corrected chi connectivity index (χ3v) is 4.57. The van der Waals surface area contributed by atoms with Gasteiger partial charge in [0.15, 0.2) is 0 Å². The summed E-state index contributed by atoms with van der Waals surface area (Å²) in [6, 6.07) is 6.25. The monoisotopic (exact) mass is 321 g/mol. The number of aryl methyl sites for hydroxylation is 1. The first-order valence-electron chi connectivity index (χ1n) is 6.54. The molecule has 3 nitrogen and oxygen atoms in total. The van der Waals surface area contributed by atoms with Crippen molar-refractivity contribution in [3.63, 3.8) is 0 Å². The van der Waals surface area contributed by atoms with Gasteiger partial charge in [-0.2, -0.15) is 0 Å². The first-order chi connectivity index (χ1) is 9.06. The van der Waals surface area contributed by atoms with Gasteiger partial charge in [-0.05, 0) is 40.4 Å². The summed E-state index contributed by atoms with van der Waals surface area (Å²) in [6.45, 7) is 7.11. The smallest absolute Gasteiger partial charge is 0.0994 e. The van der Waals surface area contributed by atoms with Crippen molar-refractivity contribution < 1.29 is 0 Å². The van der Waals surface area contributed by atoms with E-state index in [1.54, 1.807) is 0 Å².